The molecule has 0 spiro atoms. The van der Waals surface area contributed by atoms with Gasteiger partial charge in [-0.25, -0.2) is 0 Å². The normalized spacial score (nSPS) is 16.5. The van der Waals surface area contributed by atoms with Gasteiger partial charge in [0.2, 0.25) is 0 Å². The lowest BCUT2D eigenvalue weighted by atomic mass is 9.66. The summed E-state index contributed by atoms with van der Waals surface area (Å²) in [5, 5.41) is 0. The van der Waals surface area contributed by atoms with Crippen LogP contribution in [0.25, 0.3) is 0 Å². The van der Waals surface area contributed by atoms with Gasteiger partial charge in [0.25, 0.3) is 0 Å². The Balaban J connectivity index is 1.78. The van der Waals surface area contributed by atoms with Crippen molar-refractivity contribution in [1.82, 2.24) is 0 Å². The first-order valence-corrected chi connectivity index (χ1v) is 18.0. The highest BCUT2D eigenvalue weighted by Gasteiger charge is 2.52. The molecule has 0 unspecified atom stereocenters. The van der Waals surface area contributed by atoms with Crippen molar-refractivity contribution < 1.29 is 38.1 Å². The molecule has 2 aromatic rings. The molecule has 8 nitrogen and oxygen atoms in total. The Morgan fingerprint density at radius 1 is 0.521 bits per heavy atom. The molecule has 0 N–H and O–H groups in total. The SMILES string of the molecule is CCOC(=O)C(CCCc1ccccc1)(CC1CCC(CC(CCCc2ccccc2)(C(=O)OCC)C(=O)OCC)CC1)C(=O)OCC. The largest absolute Gasteiger partial charge is 0.465 e. The molecule has 264 valence electrons. The fourth-order valence-corrected chi connectivity index (χ4v) is 7.29. The van der Waals surface area contributed by atoms with E-state index < -0.39 is 34.7 Å². The molecule has 0 radical (unpaired) electrons. The fraction of sp³-hybridized carbons (Fsp3) is 0.600. The van der Waals surface area contributed by atoms with E-state index in [0.29, 0.717) is 38.5 Å². The first kappa shape index (κ1) is 38.8. The minimum absolute atomic E-state index is 0.0875. The second kappa shape index (κ2) is 20.0. The van der Waals surface area contributed by atoms with E-state index in [1.165, 1.54) is 0 Å². The molecule has 3 rings (SSSR count). The minimum atomic E-state index is -1.38. The molecule has 0 amide bonds. The van der Waals surface area contributed by atoms with Crippen molar-refractivity contribution in [2.24, 2.45) is 22.7 Å². The topological polar surface area (TPSA) is 105 Å². The molecular weight excluding hydrogens is 608 g/mol. The Morgan fingerprint density at radius 2 is 0.812 bits per heavy atom. The molecule has 1 aliphatic rings. The molecule has 2 aromatic carbocycles. The molecule has 0 aromatic heterocycles. The number of rotatable bonds is 20. The van der Waals surface area contributed by atoms with Crippen LogP contribution < -0.4 is 0 Å². The third-order valence-electron chi connectivity index (χ3n) is 9.73. The maximum atomic E-state index is 13.6. The van der Waals surface area contributed by atoms with Gasteiger partial charge in [0.1, 0.15) is 0 Å². The lowest BCUT2D eigenvalue weighted by Gasteiger charge is -2.38. The van der Waals surface area contributed by atoms with Crippen molar-refractivity contribution in [2.45, 2.75) is 105 Å². The first-order valence-electron chi connectivity index (χ1n) is 18.0. The number of hydrogen-bond donors (Lipinski definition) is 0. The van der Waals surface area contributed by atoms with Gasteiger partial charge in [-0.2, -0.15) is 0 Å². The number of esters is 4. The number of hydrogen-bond acceptors (Lipinski definition) is 8. The zero-order chi connectivity index (χ0) is 34.8. The molecule has 1 aliphatic carbocycles. The van der Waals surface area contributed by atoms with Crippen LogP contribution in [0.1, 0.15) is 103 Å². The summed E-state index contributed by atoms with van der Waals surface area (Å²) < 4.78 is 22.1. The van der Waals surface area contributed by atoms with Crippen molar-refractivity contribution >= 4 is 23.9 Å². The Bertz CT molecular complexity index is 1130. The van der Waals surface area contributed by atoms with Crippen molar-refractivity contribution in [1.29, 1.82) is 0 Å². The van der Waals surface area contributed by atoms with E-state index in [1.54, 1.807) is 27.7 Å². The first-order chi connectivity index (χ1) is 23.2. The van der Waals surface area contributed by atoms with E-state index in [9.17, 15) is 19.2 Å². The lowest BCUT2D eigenvalue weighted by molar-refractivity contribution is -0.177. The van der Waals surface area contributed by atoms with Crippen LogP contribution in [0.5, 0.6) is 0 Å². The Morgan fingerprint density at radius 3 is 1.08 bits per heavy atom. The van der Waals surface area contributed by atoms with Gasteiger partial charge in [0.15, 0.2) is 10.8 Å². The number of carbonyl (C=O) groups is 4. The van der Waals surface area contributed by atoms with E-state index in [1.807, 2.05) is 60.7 Å². The van der Waals surface area contributed by atoms with Crippen LogP contribution in [0, 0.1) is 22.7 Å². The highest BCUT2D eigenvalue weighted by molar-refractivity contribution is 6.00. The number of carbonyl (C=O) groups excluding carboxylic acids is 4. The maximum Gasteiger partial charge on any atom is 0.323 e. The van der Waals surface area contributed by atoms with Crippen LogP contribution >= 0.6 is 0 Å². The molecule has 1 saturated carbocycles. The predicted octanol–water partition coefficient (Wildman–Crippen LogP) is 7.84. The Hall–Kier alpha value is -3.68. The van der Waals surface area contributed by atoms with Crippen molar-refractivity contribution in [3.8, 4) is 0 Å². The second-order valence-corrected chi connectivity index (χ2v) is 13.0. The summed E-state index contributed by atoms with van der Waals surface area (Å²) in [6.07, 6.45) is 7.18. The Kier molecular flexibility index (Phi) is 16.1. The van der Waals surface area contributed by atoms with E-state index in [4.69, 9.17) is 18.9 Å². The predicted molar refractivity (Wildman–Crippen MR) is 185 cm³/mol. The molecule has 48 heavy (non-hydrogen) atoms. The van der Waals surface area contributed by atoms with Gasteiger partial charge < -0.3 is 18.9 Å². The highest BCUT2D eigenvalue weighted by atomic mass is 16.6. The second-order valence-electron chi connectivity index (χ2n) is 13.0. The van der Waals surface area contributed by atoms with Gasteiger partial charge in [0.05, 0.1) is 26.4 Å². The number of ether oxygens (including phenoxy) is 4. The zero-order valence-corrected chi connectivity index (χ0v) is 29.5. The minimum Gasteiger partial charge on any atom is -0.465 e. The van der Waals surface area contributed by atoms with Crippen LogP contribution in [-0.2, 0) is 51.0 Å². The van der Waals surface area contributed by atoms with E-state index >= 15 is 0 Å². The summed E-state index contributed by atoms with van der Waals surface area (Å²) >= 11 is 0. The fourth-order valence-electron chi connectivity index (χ4n) is 7.29. The van der Waals surface area contributed by atoms with Crippen LogP contribution in [-0.4, -0.2) is 50.3 Å². The van der Waals surface area contributed by atoms with Crippen molar-refractivity contribution in [3.63, 3.8) is 0 Å². The number of benzene rings is 2. The summed E-state index contributed by atoms with van der Waals surface area (Å²) in [5.41, 5.74) is -0.463. The quantitative estimate of drug-likeness (QED) is 0.0801. The summed E-state index contributed by atoms with van der Waals surface area (Å²) in [7, 11) is 0. The third-order valence-corrected chi connectivity index (χ3v) is 9.73. The average Bonchev–Trinajstić information content (AvgIpc) is 3.09. The van der Waals surface area contributed by atoms with Crippen LogP contribution in [0.4, 0.5) is 0 Å². The van der Waals surface area contributed by atoms with E-state index in [-0.39, 0.29) is 38.3 Å². The molecule has 0 saturated heterocycles. The standard InChI is InChI=1S/C40H56O8/c1-5-45-35(41)39(36(42)46-6-2,27-15-21-31-17-11-9-12-18-31)29-33-23-25-34(26-24-33)30-40(37(43)47-7-3,38(44)48-8-4)28-16-22-32-19-13-10-14-20-32/h9-14,17-20,33-34H,5-8,15-16,21-30H2,1-4H3. The van der Waals surface area contributed by atoms with Gasteiger partial charge in [-0.3, -0.25) is 19.2 Å². The summed E-state index contributed by atoms with van der Waals surface area (Å²) in [6, 6.07) is 20.1. The van der Waals surface area contributed by atoms with Gasteiger partial charge in [-0.15, -0.1) is 0 Å². The summed E-state index contributed by atoms with van der Waals surface area (Å²) in [6.45, 7) is 7.73. The van der Waals surface area contributed by atoms with Gasteiger partial charge in [0, 0.05) is 0 Å². The smallest absolute Gasteiger partial charge is 0.323 e. The van der Waals surface area contributed by atoms with Crippen LogP contribution in [0.2, 0.25) is 0 Å². The molecule has 0 heterocycles. The lowest BCUT2D eigenvalue weighted by Crippen LogP contribution is -2.45. The maximum absolute atomic E-state index is 13.6. The summed E-state index contributed by atoms with van der Waals surface area (Å²) in [4.78, 5) is 54.4. The molecule has 0 bridgehead atoms. The molecule has 0 atom stereocenters. The van der Waals surface area contributed by atoms with Crippen LogP contribution in [0.3, 0.4) is 0 Å². The Labute approximate surface area is 287 Å². The van der Waals surface area contributed by atoms with Gasteiger partial charge >= 0.3 is 23.9 Å². The molecule has 1 fully saturated rings. The van der Waals surface area contributed by atoms with Crippen molar-refractivity contribution in [3.05, 3.63) is 71.8 Å². The third kappa shape index (κ3) is 10.7. The van der Waals surface area contributed by atoms with Gasteiger partial charge in [-0.1, -0.05) is 86.3 Å². The van der Waals surface area contributed by atoms with E-state index in [0.717, 1.165) is 49.7 Å². The van der Waals surface area contributed by atoms with Gasteiger partial charge in [-0.05, 0) is 102 Å². The molecule has 0 aliphatic heterocycles. The van der Waals surface area contributed by atoms with Crippen LogP contribution in [0.15, 0.2) is 60.7 Å². The monoisotopic (exact) mass is 664 g/mol. The number of aryl methyl sites for hydroxylation is 2. The highest BCUT2D eigenvalue weighted by Crippen LogP contribution is 2.45. The average molecular weight is 665 g/mol. The zero-order valence-electron chi connectivity index (χ0n) is 29.5. The van der Waals surface area contributed by atoms with Crippen molar-refractivity contribution in [2.75, 3.05) is 26.4 Å². The van der Waals surface area contributed by atoms with E-state index in [2.05, 4.69) is 0 Å². The molecule has 8 heteroatoms. The summed E-state index contributed by atoms with van der Waals surface area (Å²) in [5.74, 6) is -1.88. The molecular formula is C40H56O8.